The Morgan fingerprint density at radius 2 is 1.89 bits per heavy atom. The average molecular weight is 256 g/mol. The third-order valence-electron chi connectivity index (χ3n) is 4.00. The molecule has 1 rings (SSSR count). The van der Waals surface area contributed by atoms with E-state index in [4.69, 9.17) is 5.11 Å². The summed E-state index contributed by atoms with van der Waals surface area (Å²) in [5.41, 5.74) is -0.749. The Morgan fingerprint density at radius 1 is 1.33 bits per heavy atom. The third-order valence-corrected chi connectivity index (χ3v) is 4.00. The van der Waals surface area contributed by atoms with Crippen molar-refractivity contribution in [3.8, 4) is 0 Å². The van der Waals surface area contributed by atoms with E-state index < -0.39 is 11.4 Å². The van der Waals surface area contributed by atoms with E-state index in [9.17, 15) is 9.59 Å². The maximum absolute atomic E-state index is 11.7. The molecule has 104 valence electrons. The predicted molar refractivity (Wildman–Crippen MR) is 69.4 cm³/mol. The van der Waals surface area contributed by atoms with E-state index in [-0.39, 0.29) is 24.0 Å². The van der Waals surface area contributed by atoms with Crippen molar-refractivity contribution >= 4 is 12.0 Å². The Labute approximate surface area is 108 Å². The number of carboxylic acids is 1. The van der Waals surface area contributed by atoms with Crippen molar-refractivity contribution < 1.29 is 14.7 Å². The summed E-state index contributed by atoms with van der Waals surface area (Å²) < 4.78 is 0. The van der Waals surface area contributed by atoms with Crippen LogP contribution in [0.1, 0.15) is 47.0 Å². The first-order valence-corrected chi connectivity index (χ1v) is 6.45. The van der Waals surface area contributed by atoms with Crippen molar-refractivity contribution in [2.24, 2.45) is 10.8 Å². The van der Waals surface area contributed by atoms with Gasteiger partial charge in [0.1, 0.15) is 0 Å². The van der Waals surface area contributed by atoms with Gasteiger partial charge in [0.05, 0.1) is 5.41 Å². The third kappa shape index (κ3) is 3.37. The van der Waals surface area contributed by atoms with Gasteiger partial charge in [-0.15, -0.1) is 0 Å². The van der Waals surface area contributed by atoms with Gasteiger partial charge in [-0.2, -0.15) is 0 Å². The fourth-order valence-corrected chi connectivity index (χ4v) is 1.78. The highest BCUT2D eigenvalue weighted by Crippen LogP contribution is 2.40. The van der Waals surface area contributed by atoms with Crippen molar-refractivity contribution in [1.29, 1.82) is 0 Å². The van der Waals surface area contributed by atoms with E-state index in [0.717, 1.165) is 6.42 Å². The van der Waals surface area contributed by atoms with Crippen LogP contribution in [-0.4, -0.2) is 29.7 Å². The van der Waals surface area contributed by atoms with Crippen molar-refractivity contribution in [2.45, 2.75) is 53.0 Å². The maximum Gasteiger partial charge on any atom is 0.315 e. The summed E-state index contributed by atoms with van der Waals surface area (Å²) in [4.78, 5) is 22.8. The molecule has 0 aromatic carbocycles. The predicted octanol–water partition coefficient (Wildman–Crippen LogP) is 1.98. The summed E-state index contributed by atoms with van der Waals surface area (Å²) in [5.74, 6) is -0.807. The molecule has 0 aromatic heterocycles. The Morgan fingerprint density at radius 3 is 2.22 bits per heavy atom. The topological polar surface area (TPSA) is 78.4 Å². The first-order chi connectivity index (χ1) is 8.17. The molecule has 0 heterocycles. The molecule has 0 aliphatic heterocycles. The number of carboxylic acid groups (broad SMARTS) is 1. The zero-order chi connectivity index (χ0) is 14.0. The van der Waals surface area contributed by atoms with Crippen LogP contribution in [0.3, 0.4) is 0 Å². The molecule has 1 aliphatic rings. The fourth-order valence-electron chi connectivity index (χ4n) is 1.78. The zero-order valence-corrected chi connectivity index (χ0v) is 11.7. The second-order valence-corrected chi connectivity index (χ2v) is 6.35. The summed E-state index contributed by atoms with van der Waals surface area (Å²) in [6, 6.07) is -0.260. The van der Waals surface area contributed by atoms with Crippen LogP contribution in [0, 0.1) is 10.8 Å². The Hall–Kier alpha value is -1.26. The molecule has 0 bridgehead atoms. The van der Waals surface area contributed by atoms with Crippen LogP contribution in [0.25, 0.3) is 0 Å². The molecule has 0 aromatic rings. The van der Waals surface area contributed by atoms with E-state index in [1.807, 2.05) is 27.7 Å². The van der Waals surface area contributed by atoms with Gasteiger partial charge in [-0.25, -0.2) is 4.79 Å². The second-order valence-electron chi connectivity index (χ2n) is 6.35. The number of hydrogen-bond donors (Lipinski definition) is 3. The van der Waals surface area contributed by atoms with Gasteiger partial charge in [-0.1, -0.05) is 27.2 Å². The van der Waals surface area contributed by atoms with Gasteiger partial charge in [-0.3, -0.25) is 4.79 Å². The molecule has 0 saturated heterocycles. The minimum atomic E-state index is -0.807. The van der Waals surface area contributed by atoms with E-state index in [0.29, 0.717) is 12.8 Å². The number of rotatable bonds is 4. The fraction of sp³-hybridized carbons (Fsp3) is 0.846. The molecule has 1 fully saturated rings. The summed E-state index contributed by atoms with van der Waals surface area (Å²) >= 11 is 0. The van der Waals surface area contributed by atoms with Gasteiger partial charge >= 0.3 is 12.0 Å². The Kier molecular flexibility index (Phi) is 4.24. The smallest absolute Gasteiger partial charge is 0.315 e. The van der Waals surface area contributed by atoms with E-state index in [1.165, 1.54) is 0 Å². The van der Waals surface area contributed by atoms with Crippen LogP contribution in [0.5, 0.6) is 0 Å². The molecule has 1 unspecified atom stereocenters. The lowest BCUT2D eigenvalue weighted by Crippen LogP contribution is -2.52. The van der Waals surface area contributed by atoms with Crippen LogP contribution >= 0.6 is 0 Å². The molecule has 1 saturated carbocycles. The molecular formula is C13H24N2O3. The molecule has 5 heteroatoms. The highest BCUT2D eigenvalue weighted by atomic mass is 16.4. The number of carbonyl (C=O) groups is 2. The molecular weight excluding hydrogens is 232 g/mol. The first-order valence-electron chi connectivity index (χ1n) is 6.45. The lowest BCUT2D eigenvalue weighted by Gasteiger charge is -2.38. The van der Waals surface area contributed by atoms with Gasteiger partial charge < -0.3 is 15.7 Å². The maximum atomic E-state index is 11.7. The SMILES string of the molecule is CC(NC(=O)NCC1(C(=O)O)CCC1)C(C)(C)C. The molecule has 1 atom stereocenters. The van der Waals surface area contributed by atoms with E-state index in [2.05, 4.69) is 10.6 Å². The molecule has 2 amide bonds. The summed E-state index contributed by atoms with van der Waals surface area (Å²) in [6.45, 7) is 8.29. The number of nitrogens with one attached hydrogen (secondary N) is 2. The molecule has 0 radical (unpaired) electrons. The number of urea groups is 1. The standard InChI is InChI=1S/C13H24N2O3/c1-9(12(2,3)4)15-11(18)14-8-13(10(16)17)6-5-7-13/h9H,5-8H2,1-4H3,(H,16,17)(H2,14,15,18). The number of amides is 2. The minimum Gasteiger partial charge on any atom is -0.481 e. The Bertz CT molecular complexity index is 330. The highest BCUT2D eigenvalue weighted by molar-refractivity contribution is 5.79. The van der Waals surface area contributed by atoms with Crippen molar-refractivity contribution in [3.63, 3.8) is 0 Å². The number of aliphatic carboxylic acids is 1. The summed E-state index contributed by atoms with van der Waals surface area (Å²) in [7, 11) is 0. The van der Waals surface area contributed by atoms with Crippen molar-refractivity contribution in [3.05, 3.63) is 0 Å². The second kappa shape index (κ2) is 5.16. The van der Waals surface area contributed by atoms with Crippen LogP contribution in [0.15, 0.2) is 0 Å². The van der Waals surface area contributed by atoms with Crippen LogP contribution in [0.2, 0.25) is 0 Å². The number of carbonyl (C=O) groups excluding carboxylic acids is 1. The van der Waals surface area contributed by atoms with Gasteiger partial charge in [0.2, 0.25) is 0 Å². The van der Waals surface area contributed by atoms with Crippen molar-refractivity contribution in [1.82, 2.24) is 10.6 Å². The molecule has 3 N–H and O–H groups in total. The lowest BCUT2D eigenvalue weighted by atomic mass is 9.69. The molecule has 1 aliphatic carbocycles. The monoisotopic (exact) mass is 256 g/mol. The Balaban J connectivity index is 2.40. The van der Waals surface area contributed by atoms with Crippen LogP contribution < -0.4 is 10.6 Å². The van der Waals surface area contributed by atoms with Gasteiger partial charge in [0, 0.05) is 12.6 Å². The highest BCUT2D eigenvalue weighted by Gasteiger charge is 2.44. The zero-order valence-electron chi connectivity index (χ0n) is 11.7. The van der Waals surface area contributed by atoms with E-state index >= 15 is 0 Å². The average Bonchev–Trinajstić information content (AvgIpc) is 2.13. The molecule has 5 nitrogen and oxygen atoms in total. The van der Waals surface area contributed by atoms with Gasteiger partial charge in [-0.05, 0) is 25.2 Å². The first kappa shape index (κ1) is 14.8. The lowest BCUT2D eigenvalue weighted by molar-refractivity contribution is -0.153. The normalized spacial score (nSPS) is 19.6. The van der Waals surface area contributed by atoms with Gasteiger partial charge in [0.15, 0.2) is 0 Å². The van der Waals surface area contributed by atoms with Crippen LogP contribution in [0.4, 0.5) is 4.79 Å². The summed E-state index contributed by atoms with van der Waals surface area (Å²) in [6.07, 6.45) is 2.23. The van der Waals surface area contributed by atoms with Crippen LogP contribution in [-0.2, 0) is 4.79 Å². The van der Waals surface area contributed by atoms with E-state index in [1.54, 1.807) is 0 Å². The molecule has 0 spiro atoms. The largest absolute Gasteiger partial charge is 0.481 e. The van der Waals surface area contributed by atoms with Gasteiger partial charge in [0.25, 0.3) is 0 Å². The number of hydrogen-bond acceptors (Lipinski definition) is 2. The minimum absolute atomic E-state index is 0.0156. The summed E-state index contributed by atoms with van der Waals surface area (Å²) in [5, 5.41) is 14.7. The van der Waals surface area contributed by atoms with Crippen molar-refractivity contribution in [2.75, 3.05) is 6.54 Å². The molecule has 18 heavy (non-hydrogen) atoms. The quantitative estimate of drug-likeness (QED) is 0.719.